The molecule has 3 nitrogen and oxygen atoms in total. The van der Waals surface area contributed by atoms with Crippen molar-refractivity contribution in [3.8, 4) is 5.75 Å². The molecule has 1 aromatic carbocycles. The molecule has 0 amide bonds. The zero-order chi connectivity index (χ0) is 13.1. The number of alkyl halides is 3. The van der Waals surface area contributed by atoms with Crippen LogP contribution in [0.1, 0.15) is 18.1 Å². The van der Waals surface area contributed by atoms with Gasteiger partial charge in [0.05, 0.1) is 18.6 Å². The highest BCUT2D eigenvalue weighted by molar-refractivity contribution is 5.73. The molecule has 94 valence electrons. The van der Waals surface area contributed by atoms with Gasteiger partial charge in [0.1, 0.15) is 5.75 Å². The van der Waals surface area contributed by atoms with Crippen LogP contribution in [0.5, 0.6) is 5.75 Å². The van der Waals surface area contributed by atoms with E-state index >= 15 is 0 Å². The summed E-state index contributed by atoms with van der Waals surface area (Å²) in [5, 5.41) is 9.13. The molecule has 1 N–H and O–H groups in total. The summed E-state index contributed by atoms with van der Waals surface area (Å²) in [4.78, 5) is 11.1. The van der Waals surface area contributed by atoms with Crippen molar-refractivity contribution in [3.05, 3.63) is 29.3 Å². The third kappa shape index (κ3) is 3.65. The summed E-state index contributed by atoms with van der Waals surface area (Å²) in [7, 11) is 0. The van der Waals surface area contributed by atoms with Crippen LogP contribution in [0.2, 0.25) is 0 Å². The molecule has 0 radical (unpaired) electrons. The number of aromatic hydroxyl groups is 1. The zero-order valence-electron chi connectivity index (χ0n) is 9.04. The van der Waals surface area contributed by atoms with Crippen molar-refractivity contribution in [2.75, 3.05) is 6.61 Å². The lowest BCUT2D eigenvalue weighted by Crippen LogP contribution is -2.14. The first-order chi connectivity index (χ1) is 7.84. The fourth-order valence-electron chi connectivity index (χ4n) is 1.37. The predicted octanol–water partition coefficient (Wildman–Crippen LogP) is 2.52. The average molecular weight is 248 g/mol. The number of halogens is 3. The van der Waals surface area contributed by atoms with E-state index in [2.05, 4.69) is 4.74 Å². The number of phenolic OH excluding ortho intramolecular Hbond substituents is 1. The van der Waals surface area contributed by atoms with Gasteiger partial charge in [0, 0.05) is 0 Å². The van der Waals surface area contributed by atoms with E-state index in [1.165, 1.54) is 0 Å². The number of phenols is 1. The Morgan fingerprint density at radius 1 is 1.41 bits per heavy atom. The van der Waals surface area contributed by atoms with Crippen molar-refractivity contribution >= 4 is 5.97 Å². The van der Waals surface area contributed by atoms with Gasteiger partial charge >= 0.3 is 12.1 Å². The number of benzene rings is 1. The molecule has 0 atom stereocenters. The van der Waals surface area contributed by atoms with Gasteiger partial charge < -0.3 is 9.84 Å². The summed E-state index contributed by atoms with van der Waals surface area (Å²) in [6.07, 6.45) is -5.08. The Labute approximate surface area is 95.8 Å². The molecule has 0 heterocycles. The predicted molar refractivity (Wildman–Crippen MR) is 53.4 cm³/mol. The van der Waals surface area contributed by atoms with Crippen LogP contribution in [-0.4, -0.2) is 17.7 Å². The molecular weight excluding hydrogens is 237 g/mol. The second-order valence-corrected chi connectivity index (χ2v) is 3.32. The van der Waals surface area contributed by atoms with Gasteiger partial charge in [0.15, 0.2) is 0 Å². The van der Waals surface area contributed by atoms with Gasteiger partial charge in [-0.15, -0.1) is 0 Å². The van der Waals surface area contributed by atoms with E-state index in [4.69, 9.17) is 5.11 Å². The molecule has 0 saturated carbocycles. The lowest BCUT2D eigenvalue weighted by atomic mass is 10.0. The topological polar surface area (TPSA) is 46.5 Å². The summed E-state index contributed by atoms with van der Waals surface area (Å²) >= 11 is 0. The van der Waals surface area contributed by atoms with Crippen LogP contribution in [-0.2, 0) is 22.1 Å². The van der Waals surface area contributed by atoms with Crippen molar-refractivity contribution in [1.82, 2.24) is 0 Å². The first-order valence-electron chi connectivity index (χ1n) is 4.89. The Kier molecular flexibility index (Phi) is 3.98. The SMILES string of the molecule is CCOC(=O)Cc1cc(O)ccc1C(F)(F)F. The van der Waals surface area contributed by atoms with Crippen molar-refractivity contribution < 1.29 is 27.8 Å². The van der Waals surface area contributed by atoms with Gasteiger partial charge in [0.25, 0.3) is 0 Å². The van der Waals surface area contributed by atoms with Crippen molar-refractivity contribution in [2.45, 2.75) is 19.5 Å². The van der Waals surface area contributed by atoms with E-state index in [-0.39, 0.29) is 17.9 Å². The molecule has 0 fully saturated rings. The Balaban J connectivity index is 3.04. The Bertz CT molecular complexity index is 413. The number of carbonyl (C=O) groups is 1. The van der Waals surface area contributed by atoms with Gasteiger partial charge in [0.2, 0.25) is 0 Å². The van der Waals surface area contributed by atoms with Crippen molar-refractivity contribution in [2.24, 2.45) is 0 Å². The number of carbonyl (C=O) groups excluding carboxylic acids is 1. The van der Waals surface area contributed by atoms with Crippen LogP contribution in [0.4, 0.5) is 13.2 Å². The van der Waals surface area contributed by atoms with E-state index < -0.39 is 24.1 Å². The van der Waals surface area contributed by atoms with Crippen LogP contribution in [0.25, 0.3) is 0 Å². The molecule has 0 aliphatic carbocycles. The quantitative estimate of drug-likeness (QED) is 0.836. The highest BCUT2D eigenvalue weighted by Crippen LogP contribution is 2.33. The Morgan fingerprint density at radius 2 is 2.06 bits per heavy atom. The van der Waals surface area contributed by atoms with E-state index in [1.807, 2.05) is 0 Å². The minimum atomic E-state index is -4.56. The highest BCUT2D eigenvalue weighted by Gasteiger charge is 2.33. The summed E-state index contributed by atoms with van der Waals surface area (Å²) < 4.78 is 42.3. The molecule has 0 unspecified atom stereocenters. The van der Waals surface area contributed by atoms with Gasteiger partial charge in [-0.1, -0.05) is 0 Å². The Morgan fingerprint density at radius 3 is 2.59 bits per heavy atom. The maximum Gasteiger partial charge on any atom is 0.416 e. The highest BCUT2D eigenvalue weighted by atomic mass is 19.4. The summed E-state index contributed by atoms with van der Waals surface area (Å²) in [6.45, 7) is 1.66. The van der Waals surface area contributed by atoms with Gasteiger partial charge in [-0.2, -0.15) is 13.2 Å². The van der Waals surface area contributed by atoms with Crippen LogP contribution >= 0.6 is 0 Å². The fourth-order valence-corrected chi connectivity index (χ4v) is 1.37. The van der Waals surface area contributed by atoms with Crippen LogP contribution in [0, 0.1) is 0 Å². The van der Waals surface area contributed by atoms with Crippen LogP contribution in [0.15, 0.2) is 18.2 Å². The number of ether oxygens (including phenoxy) is 1. The molecule has 6 heteroatoms. The largest absolute Gasteiger partial charge is 0.508 e. The lowest BCUT2D eigenvalue weighted by molar-refractivity contribution is -0.143. The van der Waals surface area contributed by atoms with E-state index in [1.54, 1.807) is 6.92 Å². The minimum Gasteiger partial charge on any atom is -0.508 e. The molecule has 0 aromatic heterocycles. The summed E-state index contributed by atoms with van der Waals surface area (Å²) in [6, 6.07) is 2.58. The number of hydrogen-bond donors (Lipinski definition) is 1. The third-order valence-electron chi connectivity index (χ3n) is 2.03. The maximum absolute atomic E-state index is 12.6. The molecule has 0 spiro atoms. The van der Waals surface area contributed by atoms with Crippen molar-refractivity contribution in [3.63, 3.8) is 0 Å². The molecule has 0 saturated heterocycles. The first-order valence-corrected chi connectivity index (χ1v) is 4.89. The monoisotopic (exact) mass is 248 g/mol. The second-order valence-electron chi connectivity index (χ2n) is 3.32. The molecule has 17 heavy (non-hydrogen) atoms. The van der Waals surface area contributed by atoms with Gasteiger partial charge in [-0.05, 0) is 30.7 Å². The molecule has 1 rings (SSSR count). The fraction of sp³-hybridized carbons (Fsp3) is 0.364. The third-order valence-corrected chi connectivity index (χ3v) is 2.03. The summed E-state index contributed by atoms with van der Waals surface area (Å²) in [5.74, 6) is -1.08. The maximum atomic E-state index is 12.6. The van der Waals surface area contributed by atoms with Gasteiger partial charge in [-0.25, -0.2) is 0 Å². The zero-order valence-corrected chi connectivity index (χ0v) is 9.04. The van der Waals surface area contributed by atoms with E-state index in [0.717, 1.165) is 18.2 Å². The number of esters is 1. The molecule has 0 aliphatic heterocycles. The van der Waals surface area contributed by atoms with E-state index in [9.17, 15) is 18.0 Å². The Hall–Kier alpha value is -1.72. The molecular formula is C11H11F3O3. The summed E-state index contributed by atoms with van der Waals surface area (Å²) in [5.41, 5.74) is -1.24. The van der Waals surface area contributed by atoms with Crippen molar-refractivity contribution in [1.29, 1.82) is 0 Å². The molecule has 0 aliphatic rings. The molecule has 1 aromatic rings. The first kappa shape index (κ1) is 13.3. The smallest absolute Gasteiger partial charge is 0.416 e. The van der Waals surface area contributed by atoms with Gasteiger partial charge in [-0.3, -0.25) is 4.79 Å². The lowest BCUT2D eigenvalue weighted by Gasteiger charge is -2.12. The number of hydrogen-bond acceptors (Lipinski definition) is 3. The minimum absolute atomic E-state index is 0.0962. The van der Waals surface area contributed by atoms with Crippen LogP contribution in [0.3, 0.4) is 0 Å². The van der Waals surface area contributed by atoms with Crippen LogP contribution < -0.4 is 0 Å². The second kappa shape index (κ2) is 5.07. The van der Waals surface area contributed by atoms with E-state index in [0.29, 0.717) is 0 Å². The standard InChI is InChI=1S/C11H11F3O3/c1-2-17-10(16)6-7-5-8(15)3-4-9(7)11(12,13)14/h3-5,15H,2,6H2,1H3. The normalized spacial score (nSPS) is 11.3. The molecule has 0 bridgehead atoms. The number of rotatable bonds is 3. The average Bonchev–Trinajstić information content (AvgIpc) is 2.15.